The summed E-state index contributed by atoms with van der Waals surface area (Å²) in [4.78, 5) is 31.3. The Kier molecular flexibility index (Phi) is 10.2. The molecule has 0 bridgehead atoms. The number of carbonyl (C=O) groups excluding carboxylic acids is 1. The van der Waals surface area contributed by atoms with Crippen LogP contribution in [0.25, 0.3) is 6.08 Å². The fourth-order valence-corrected chi connectivity index (χ4v) is 5.15. The molecule has 4 aromatic rings. The second-order valence-corrected chi connectivity index (χ2v) is 10.6. The topological polar surface area (TPSA) is 90.7 Å². The molecule has 2 heterocycles. The molecule has 0 aliphatic carbocycles. The monoisotopic (exact) mass is 578 g/mol. The van der Waals surface area contributed by atoms with Crippen molar-refractivity contribution in [2.45, 2.75) is 45.8 Å². The highest BCUT2D eigenvalue weighted by molar-refractivity contribution is 7.09. The molecule has 0 aliphatic rings. The highest BCUT2D eigenvalue weighted by Gasteiger charge is 2.24. The van der Waals surface area contributed by atoms with Gasteiger partial charge in [-0.2, -0.15) is 0 Å². The van der Waals surface area contributed by atoms with Crippen molar-refractivity contribution in [1.82, 2.24) is 9.55 Å². The Hall–Kier alpha value is -3.88. The normalized spacial score (nSPS) is 11.4. The van der Waals surface area contributed by atoms with Gasteiger partial charge in [-0.25, -0.2) is 14.6 Å². The largest absolute Gasteiger partial charge is 0.497 e. The summed E-state index contributed by atoms with van der Waals surface area (Å²) in [7, 11) is 1.59. The van der Waals surface area contributed by atoms with Gasteiger partial charge in [0, 0.05) is 28.3 Å². The maximum atomic E-state index is 13.4. The van der Waals surface area contributed by atoms with Gasteiger partial charge in [0.25, 0.3) is 0 Å². The van der Waals surface area contributed by atoms with Crippen molar-refractivity contribution < 1.29 is 24.2 Å². The lowest BCUT2D eigenvalue weighted by Crippen LogP contribution is -2.13. The molecule has 0 saturated heterocycles. The number of benzene rings is 2. The minimum Gasteiger partial charge on any atom is -0.497 e. The molecule has 0 fully saturated rings. The van der Waals surface area contributed by atoms with Crippen LogP contribution in [0.3, 0.4) is 0 Å². The highest BCUT2D eigenvalue weighted by atomic mass is 35.5. The van der Waals surface area contributed by atoms with Crippen molar-refractivity contribution in [2.75, 3.05) is 7.11 Å². The Morgan fingerprint density at radius 3 is 2.52 bits per heavy atom. The van der Waals surface area contributed by atoms with Crippen LogP contribution in [0.4, 0.5) is 0 Å². The summed E-state index contributed by atoms with van der Waals surface area (Å²) in [6.07, 6.45) is 4.26. The number of carbonyl (C=O) groups is 2. The van der Waals surface area contributed by atoms with Gasteiger partial charge in [-0.3, -0.25) is 0 Å². The third-order valence-corrected chi connectivity index (χ3v) is 7.62. The molecule has 7 nitrogen and oxygen atoms in total. The van der Waals surface area contributed by atoms with Crippen LogP contribution in [0.15, 0.2) is 71.6 Å². The lowest BCUT2D eigenvalue weighted by molar-refractivity contribution is -0.140. The number of esters is 1. The van der Waals surface area contributed by atoms with Crippen LogP contribution in [-0.2, 0) is 35.5 Å². The molecular weight excluding hydrogens is 548 g/mol. The fraction of sp³-hybridized carbons (Fsp3) is 0.258. The number of aromatic carboxylic acids is 1. The second kappa shape index (κ2) is 14.0. The van der Waals surface area contributed by atoms with Gasteiger partial charge >= 0.3 is 11.9 Å². The van der Waals surface area contributed by atoms with E-state index in [1.165, 1.54) is 11.3 Å². The van der Waals surface area contributed by atoms with Gasteiger partial charge in [-0.15, -0.1) is 11.3 Å². The number of halogens is 1. The van der Waals surface area contributed by atoms with Crippen LogP contribution in [0.2, 0.25) is 5.02 Å². The van der Waals surface area contributed by atoms with Crippen molar-refractivity contribution in [3.05, 3.63) is 110 Å². The van der Waals surface area contributed by atoms with Crippen molar-refractivity contribution in [3.63, 3.8) is 0 Å². The Balaban J connectivity index is 1.75. The number of aryl methyl sites for hydroxylation is 1. The summed E-state index contributed by atoms with van der Waals surface area (Å²) < 4.78 is 12.7. The van der Waals surface area contributed by atoms with Gasteiger partial charge in [-0.1, -0.05) is 61.3 Å². The number of carboxylic acids is 1. The van der Waals surface area contributed by atoms with Crippen molar-refractivity contribution in [2.24, 2.45) is 0 Å². The molecular formula is C31H31ClN2O5S. The third kappa shape index (κ3) is 7.40. The molecule has 0 unspecified atom stereocenters. The molecule has 208 valence electrons. The van der Waals surface area contributed by atoms with E-state index in [-0.39, 0.29) is 12.3 Å². The Morgan fingerprint density at radius 2 is 1.88 bits per heavy atom. The number of hydrogen-bond donors (Lipinski definition) is 1. The van der Waals surface area contributed by atoms with Gasteiger partial charge in [0.1, 0.15) is 18.2 Å². The molecule has 1 N–H and O–H groups in total. The molecule has 0 atom stereocenters. The van der Waals surface area contributed by atoms with E-state index in [1.54, 1.807) is 31.4 Å². The van der Waals surface area contributed by atoms with E-state index in [0.29, 0.717) is 47.2 Å². The number of aromatic nitrogens is 2. The molecule has 2 aromatic carbocycles. The molecule has 0 radical (unpaired) electrons. The number of carboxylic acid groups (broad SMARTS) is 1. The van der Waals surface area contributed by atoms with Gasteiger partial charge in [0.15, 0.2) is 5.69 Å². The number of methoxy groups -OCH3 is 1. The molecule has 4 rings (SSSR count). The number of thiophene rings is 1. The predicted octanol–water partition coefficient (Wildman–Crippen LogP) is 7.07. The van der Waals surface area contributed by atoms with Gasteiger partial charge in [-0.05, 0) is 53.3 Å². The van der Waals surface area contributed by atoms with Gasteiger partial charge in [0.05, 0.1) is 19.3 Å². The quantitative estimate of drug-likeness (QED) is 0.135. The SMILES string of the molecule is CCCCc1nc(C(=O)O)c(C=C(Cc2cccs2)C(=O)OCc2ccc(OC)cc2)n1Cc1ccccc1Cl. The Labute approximate surface area is 242 Å². The van der Waals surface area contributed by atoms with Crippen molar-refractivity contribution in [3.8, 4) is 5.75 Å². The van der Waals surface area contributed by atoms with Crippen molar-refractivity contribution >= 4 is 41.0 Å². The van der Waals surface area contributed by atoms with Crippen LogP contribution in [0.5, 0.6) is 5.75 Å². The summed E-state index contributed by atoms with van der Waals surface area (Å²) in [5, 5.41) is 12.6. The van der Waals surface area contributed by atoms with E-state index in [4.69, 9.17) is 21.1 Å². The highest BCUT2D eigenvalue weighted by Crippen LogP contribution is 2.25. The number of rotatable bonds is 13. The minimum absolute atomic E-state index is 0.0665. The lowest BCUT2D eigenvalue weighted by Gasteiger charge is -2.14. The summed E-state index contributed by atoms with van der Waals surface area (Å²) in [6.45, 7) is 2.45. The molecule has 40 heavy (non-hydrogen) atoms. The predicted molar refractivity (Wildman–Crippen MR) is 157 cm³/mol. The third-order valence-electron chi connectivity index (χ3n) is 6.38. The molecule has 0 amide bonds. The van der Waals surface area contributed by atoms with E-state index in [1.807, 2.05) is 52.4 Å². The fourth-order valence-electron chi connectivity index (χ4n) is 4.23. The zero-order valence-corrected chi connectivity index (χ0v) is 24.0. The standard InChI is InChI=1S/C31H31ClN2O5S/c1-3-4-11-28-33-29(30(35)36)27(34(28)19-22-8-5-6-10-26(22)32)18-23(17-25-9-7-16-40-25)31(37)39-20-21-12-14-24(38-2)15-13-21/h5-10,12-16,18H,3-4,11,17,19-20H2,1-2H3,(H,35,36). The molecule has 9 heteroatoms. The van der Waals surface area contributed by atoms with Crippen LogP contribution in [0.1, 0.15) is 57.8 Å². The molecule has 0 spiro atoms. The van der Waals surface area contributed by atoms with Crippen LogP contribution in [0, 0.1) is 0 Å². The number of imidazole rings is 1. The Morgan fingerprint density at radius 1 is 1.10 bits per heavy atom. The van der Waals surface area contributed by atoms with Crippen LogP contribution >= 0.6 is 22.9 Å². The van der Waals surface area contributed by atoms with Gasteiger partial charge in [0.2, 0.25) is 0 Å². The molecule has 0 aliphatic heterocycles. The lowest BCUT2D eigenvalue weighted by atomic mass is 10.1. The summed E-state index contributed by atoms with van der Waals surface area (Å²) in [5.41, 5.74) is 2.20. The molecule has 2 aromatic heterocycles. The average Bonchev–Trinajstić information content (AvgIpc) is 3.60. The first-order valence-corrected chi connectivity index (χ1v) is 14.2. The first-order valence-electron chi connectivity index (χ1n) is 13.0. The second-order valence-electron chi connectivity index (χ2n) is 9.20. The summed E-state index contributed by atoms with van der Waals surface area (Å²) >= 11 is 7.99. The van der Waals surface area contributed by atoms with Crippen molar-refractivity contribution in [1.29, 1.82) is 0 Å². The minimum atomic E-state index is -1.16. The summed E-state index contributed by atoms with van der Waals surface area (Å²) in [6, 6.07) is 18.5. The number of unbranched alkanes of at least 4 members (excludes halogenated alkanes) is 1. The number of hydrogen-bond acceptors (Lipinski definition) is 6. The molecule has 0 saturated carbocycles. The summed E-state index contributed by atoms with van der Waals surface area (Å²) in [5.74, 6) is -0.349. The van der Waals surface area contributed by atoms with E-state index in [9.17, 15) is 14.7 Å². The smallest absolute Gasteiger partial charge is 0.356 e. The maximum Gasteiger partial charge on any atom is 0.356 e. The number of nitrogens with zero attached hydrogens (tertiary/aromatic N) is 2. The van der Waals surface area contributed by atoms with Crippen LogP contribution < -0.4 is 4.74 Å². The van der Waals surface area contributed by atoms with E-state index >= 15 is 0 Å². The Bertz CT molecular complexity index is 1480. The first kappa shape index (κ1) is 29.1. The van der Waals surface area contributed by atoms with E-state index in [2.05, 4.69) is 11.9 Å². The first-order chi connectivity index (χ1) is 19.4. The zero-order valence-electron chi connectivity index (χ0n) is 22.4. The van der Waals surface area contributed by atoms with E-state index < -0.39 is 11.9 Å². The van der Waals surface area contributed by atoms with Crippen LogP contribution in [-0.4, -0.2) is 33.7 Å². The zero-order chi connectivity index (χ0) is 28.5. The van der Waals surface area contributed by atoms with Gasteiger partial charge < -0.3 is 19.1 Å². The maximum absolute atomic E-state index is 13.4. The average molecular weight is 579 g/mol. The number of ether oxygens (including phenoxy) is 2. The van der Waals surface area contributed by atoms with E-state index in [0.717, 1.165) is 28.8 Å².